The number of hydrogen-bond acceptors (Lipinski definition) is 4. The molecule has 0 bridgehead atoms. The number of hydrogen-bond donors (Lipinski definition) is 2. The van der Waals surface area contributed by atoms with Gasteiger partial charge in [-0.1, -0.05) is 36.8 Å². The van der Waals surface area contributed by atoms with E-state index in [2.05, 4.69) is 41.0 Å². The average molecular weight is 344 g/mol. The topological polar surface area (TPSA) is 42.5 Å². The van der Waals surface area contributed by atoms with Crippen molar-refractivity contribution >= 4 is 0 Å². The van der Waals surface area contributed by atoms with E-state index >= 15 is 0 Å². The van der Waals surface area contributed by atoms with E-state index in [1.54, 1.807) is 0 Å². The third kappa shape index (κ3) is 3.92. The summed E-state index contributed by atoms with van der Waals surface area (Å²) in [6.45, 7) is 5.55. The maximum atomic E-state index is 5.72. The van der Waals surface area contributed by atoms with Crippen molar-refractivity contribution in [2.45, 2.75) is 49.6 Å². The molecule has 1 aromatic rings. The quantitative estimate of drug-likeness (QED) is 0.861. The van der Waals surface area contributed by atoms with Gasteiger partial charge in [-0.25, -0.2) is 0 Å². The van der Waals surface area contributed by atoms with Crippen molar-refractivity contribution in [2.24, 2.45) is 5.92 Å². The largest absolute Gasteiger partial charge is 0.381 e. The predicted octanol–water partition coefficient (Wildman–Crippen LogP) is 2.48. The highest BCUT2D eigenvalue weighted by Crippen LogP contribution is 2.36. The lowest BCUT2D eigenvalue weighted by Crippen LogP contribution is -2.53. The molecule has 4 heteroatoms. The molecule has 1 aliphatic carbocycles. The molecule has 3 atom stereocenters. The summed E-state index contributed by atoms with van der Waals surface area (Å²) in [4.78, 5) is 0. The summed E-state index contributed by atoms with van der Waals surface area (Å²) < 4.78 is 11.4. The van der Waals surface area contributed by atoms with E-state index in [0.717, 1.165) is 52.4 Å². The monoisotopic (exact) mass is 344 g/mol. The molecule has 138 valence electrons. The molecule has 0 amide bonds. The molecule has 25 heavy (non-hydrogen) atoms. The van der Waals surface area contributed by atoms with E-state index in [4.69, 9.17) is 9.47 Å². The Morgan fingerprint density at radius 2 is 1.88 bits per heavy atom. The van der Waals surface area contributed by atoms with Crippen LogP contribution in [-0.2, 0) is 14.9 Å². The molecule has 2 heterocycles. The van der Waals surface area contributed by atoms with Gasteiger partial charge in [0, 0.05) is 43.8 Å². The van der Waals surface area contributed by atoms with Crippen LogP contribution in [0.25, 0.3) is 0 Å². The van der Waals surface area contributed by atoms with Crippen molar-refractivity contribution in [3.05, 3.63) is 35.9 Å². The van der Waals surface area contributed by atoms with E-state index < -0.39 is 0 Å². The Labute approximate surface area is 151 Å². The zero-order valence-corrected chi connectivity index (χ0v) is 15.2. The van der Waals surface area contributed by atoms with Gasteiger partial charge in [0.05, 0.1) is 13.2 Å². The van der Waals surface area contributed by atoms with Gasteiger partial charge in [-0.05, 0) is 37.2 Å². The molecule has 3 unspecified atom stereocenters. The number of nitrogens with one attached hydrogen (secondary N) is 2. The summed E-state index contributed by atoms with van der Waals surface area (Å²) in [6.07, 6.45) is 6.19. The van der Waals surface area contributed by atoms with Crippen molar-refractivity contribution in [2.75, 3.05) is 39.5 Å². The van der Waals surface area contributed by atoms with Gasteiger partial charge in [0.15, 0.2) is 0 Å². The highest BCUT2D eigenvalue weighted by Gasteiger charge is 2.38. The highest BCUT2D eigenvalue weighted by atomic mass is 16.5. The lowest BCUT2D eigenvalue weighted by molar-refractivity contribution is 0.0419. The minimum absolute atomic E-state index is 0.225. The number of morpholine rings is 1. The first kappa shape index (κ1) is 17.5. The second-order valence-electron chi connectivity index (χ2n) is 7.98. The fraction of sp³-hybridized carbons (Fsp3) is 0.714. The molecule has 0 aromatic heterocycles. The Hall–Kier alpha value is -0.940. The molecule has 2 aliphatic heterocycles. The summed E-state index contributed by atoms with van der Waals surface area (Å²) in [5, 5.41) is 7.67. The maximum absolute atomic E-state index is 5.72. The zero-order chi connectivity index (χ0) is 17.0. The molecular formula is C21H32N2O2. The lowest BCUT2D eigenvalue weighted by atomic mass is 9.74. The number of benzene rings is 1. The minimum Gasteiger partial charge on any atom is -0.381 e. The minimum atomic E-state index is 0.225. The van der Waals surface area contributed by atoms with Crippen LogP contribution in [-0.4, -0.2) is 51.6 Å². The summed E-state index contributed by atoms with van der Waals surface area (Å²) in [7, 11) is 0. The van der Waals surface area contributed by atoms with Crippen LogP contribution in [0.15, 0.2) is 30.3 Å². The van der Waals surface area contributed by atoms with E-state index in [-0.39, 0.29) is 5.41 Å². The molecule has 3 aliphatic rings. The van der Waals surface area contributed by atoms with E-state index in [0.29, 0.717) is 18.0 Å². The van der Waals surface area contributed by atoms with Gasteiger partial charge in [-0.3, -0.25) is 0 Å². The summed E-state index contributed by atoms with van der Waals surface area (Å²) in [6, 6.07) is 12.2. The normalized spacial score (nSPS) is 32.6. The summed E-state index contributed by atoms with van der Waals surface area (Å²) in [5.41, 5.74) is 1.70. The third-order valence-corrected chi connectivity index (χ3v) is 6.58. The van der Waals surface area contributed by atoms with Gasteiger partial charge in [-0.2, -0.15) is 0 Å². The van der Waals surface area contributed by atoms with Gasteiger partial charge in [0.2, 0.25) is 0 Å². The fourth-order valence-corrected chi connectivity index (χ4v) is 5.03. The molecular weight excluding hydrogens is 312 g/mol. The Bertz CT molecular complexity index is 524. The second kappa shape index (κ2) is 8.17. The number of ether oxygens (including phenoxy) is 2. The average Bonchev–Trinajstić information content (AvgIpc) is 3.17. The first-order valence-electron chi connectivity index (χ1n) is 10.1. The Kier molecular flexibility index (Phi) is 5.71. The van der Waals surface area contributed by atoms with Crippen molar-refractivity contribution in [3.8, 4) is 0 Å². The van der Waals surface area contributed by atoms with Crippen LogP contribution in [0.4, 0.5) is 0 Å². The van der Waals surface area contributed by atoms with Gasteiger partial charge in [0.1, 0.15) is 0 Å². The van der Waals surface area contributed by atoms with Gasteiger partial charge >= 0.3 is 0 Å². The van der Waals surface area contributed by atoms with Crippen LogP contribution in [0, 0.1) is 5.92 Å². The first-order chi connectivity index (χ1) is 12.4. The van der Waals surface area contributed by atoms with E-state index in [1.807, 2.05) is 0 Å². The first-order valence-corrected chi connectivity index (χ1v) is 10.1. The molecule has 2 saturated heterocycles. The van der Waals surface area contributed by atoms with Gasteiger partial charge in [-0.15, -0.1) is 0 Å². The van der Waals surface area contributed by atoms with E-state index in [9.17, 15) is 0 Å². The van der Waals surface area contributed by atoms with Crippen LogP contribution >= 0.6 is 0 Å². The van der Waals surface area contributed by atoms with E-state index in [1.165, 1.54) is 24.8 Å². The van der Waals surface area contributed by atoms with Crippen LogP contribution in [0.5, 0.6) is 0 Å². The van der Waals surface area contributed by atoms with Gasteiger partial charge < -0.3 is 20.1 Å². The zero-order valence-electron chi connectivity index (χ0n) is 15.2. The van der Waals surface area contributed by atoms with Crippen molar-refractivity contribution in [1.29, 1.82) is 0 Å². The van der Waals surface area contributed by atoms with Crippen LogP contribution in [0.2, 0.25) is 0 Å². The maximum Gasteiger partial charge on any atom is 0.0623 e. The highest BCUT2D eigenvalue weighted by molar-refractivity contribution is 5.26. The lowest BCUT2D eigenvalue weighted by Gasteiger charge is -2.40. The smallest absolute Gasteiger partial charge is 0.0623 e. The van der Waals surface area contributed by atoms with Crippen molar-refractivity contribution in [3.63, 3.8) is 0 Å². The molecule has 3 fully saturated rings. The summed E-state index contributed by atoms with van der Waals surface area (Å²) in [5.74, 6) is 0.702. The van der Waals surface area contributed by atoms with Crippen LogP contribution in [0.1, 0.15) is 37.7 Å². The predicted molar refractivity (Wildman–Crippen MR) is 99.9 cm³/mol. The van der Waals surface area contributed by atoms with Crippen molar-refractivity contribution < 1.29 is 9.47 Å². The second-order valence-corrected chi connectivity index (χ2v) is 7.98. The Morgan fingerprint density at radius 3 is 2.64 bits per heavy atom. The molecule has 1 aromatic carbocycles. The molecule has 1 saturated carbocycles. The van der Waals surface area contributed by atoms with Crippen molar-refractivity contribution in [1.82, 2.24) is 10.6 Å². The Balaban J connectivity index is 1.44. The molecule has 0 spiro atoms. The molecule has 2 N–H and O–H groups in total. The summed E-state index contributed by atoms with van der Waals surface area (Å²) >= 11 is 0. The number of rotatable bonds is 5. The van der Waals surface area contributed by atoms with Crippen LogP contribution in [0.3, 0.4) is 0 Å². The SMILES string of the molecule is c1ccc(C2(CNC3CCCC3C3COCCN3)CCOCC2)cc1. The standard InChI is InChI=1S/C21H32N2O2/c1-2-5-17(6-3-1)21(9-12-24-13-10-21)16-23-19-8-4-7-18(19)20-15-25-14-11-22-20/h1-3,5-6,18-20,22-23H,4,7-16H2. The third-order valence-electron chi connectivity index (χ3n) is 6.58. The van der Waals surface area contributed by atoms with Gasteiger partial charge in [0.25, 0.3) is 0 Å². The molecule has 4 nitrogen and oxygen atoms in total. The van der Waals surface area contributed by atoms with Crippen LogP contribution < -0.4 is 10.6 Å². The Morgan fingerprint density at radius 1 is 1.04 bits per heavy atom. The molecule has 4 rings (SSSR count). The molecule has 0 radical (unpaired) electrons. The fourth-order valence-electron chi connectivity index (χ4n) is 5.03.